The number of carbonyl (C=O) groups is 1. The van der Waals surface area contributed by atoms with Crippen molar-refractivity contribution in [2.24, 2.45) is 5.92 Å². The van der Waals surface area contributed by atoms with Crippen molar-refractivity contribution >= 4 is 34.3 Å². The van der Waals surface area contributed by atoms with Crippen LogP contribution in [0.3, 0.4) is 0 Å². The Labute approximate surface area is 149 Å². The summed E-state index contributed by atoms with van der Waals surface area (Å²) in [6, 6.07) is 7.81. The molecule has 2 heterocycles. The standard InChI is InChI=1S/C18H19N3OS2/c1-11(2)18(22)20-14-6-4-13(5-7-14)16-10-24-17(21-16)8-15-9-23-12(3)19-15/h4-7,9-11H,8H2,1-3H3,(H,20,22). The number of aryl methyl sites for hydroxylation is 1. The third kappa shape index (κ3) is 4.07. The minimum Gasteiger partial charge on any atom is -0.326 e. The summed E-state index contributed by atoms with van der Waals surface area (Å²) in [5.74, 6) is -0.00243. The lowest BCUT2D eigenvalue weighted by Gasteiger charge is -2.07. The molecule has 0 aliphatic rings. The number of rotatable bonds is 5. The second kappa shape index (κ2) is 7.23. The number of carbonyl (C=O) groups excluding carboxylic acids is 1. The molecule has 0 aliphatic carbocycles. The Kier molecular flexibility index (Phi) is 5.06. The first-order valence-electron chi connectivity index (χ1n) is 7.78. The van der Waals surface area contributed by atoms with Gasteiger partial charge in [0.15, 0.2) is 0 Å². The summed E-state index contributed by atoms with van der Waals surface area (Å²) >= 11 is 3.32. The summed E-state index contributed by atoms with van der Waals surface area (Å²) in [5, 5.41) is 9.19. The van der Waals surface area contributed by atoms with Gasteiger partial charge in [0.25, 0.3) is 0 Å². The van der Waals surface area contributed by atoms with Crippen molar-refractivity contribution in [3.8, 4) is 11.3 Å². The predicted octanol–water partition coefficient (Wildman–Crippen LogP) is 4.76. The van der Waals surface area contributed by atoms with Gasteiger partial charge in [0.05, 0.1) is 21.4 Å². The summed E-state index contributed by atoms with van der Waals surface area (Å²) in [6.07, 6.45) is 0.775. The second-order valence-electron chi connectivity index (χ2n) is 5.88. The fourth-order valence-electron chi connectivity index (χ4n) is 2.18. The van der Waals surface area contributed by atoms with Crippen LogP contribution >= 0.6 is 22.7 Å². The molecular weight excluding hydrogens is 338 g/mol. The van der Waals surface area contributed by atoms with Gasteiger partial charge in [0.1, 0.15) is 0 Å². The topological polar surface area (TPSA) is 54.9 Å². The molecule has 0 radical (unpaired) electrons. The molecule has 124 valence electrons. The van der Waals surface area contributed by atoms with Crippen molar-refractivity contribution in [2.75, 3.05) is 5.32 Å². The number of anilines is 1. The van der Waals surface area contributed by atoms with Crippen LogP contribution in [0.2, 0.25) is 0 Å². The van der Waals surface area contributed by atoms with Gasteiger partial charge < -0.3 is 5.32 Å². The summed E-state index contributed by atoms with van der Waals surface area (Å²) in [7, 11) is 0. The molecule has 24 heavy (non-hydrogen) atoms. The van der Waals surface area contributed by atoms with E-state index in [1.165, 1.54) is 0 Å². The maximum atomic E-state index is 11.7. The van der Waals surface area contributed by atoms with E-state index < -0.39 is 0 Å². The first-order chi connectivity index (χ1) is 11.5. The monoisotopic (exact) mass is 357 g/mol. The van der Waals surface area contributed by atoms with Crippen LogP contribution in [0.4, 0.5) is 5.69 Å². The van der Waals surface area contributed by atoms with E-state index >= 15 is 0 Å². The van der Waals surface area contributed by atoms with Crippen molar-refractivity contribution < 1.29 is 4.79 Å². The van der Waals surface area contributed by atoms with Crippen LogP contribution < -0.4 is 5.32 Å². The van der Waals surface area contributed by atoms with E-state index in [0.29, 0.717) is 0 Å². The van der Waals surface area contributed by atoms with E-state index in [0.717, 1.165) is 39.1 Å². The number of aromatic nitrogens is 2. The molecule has 1 N–H and O–H groups in total. The molecule has 1 aromatic carbocycles. The van der Waals surface area contributed by atoms with Gasteiger partial charge >= 0.3 is 0 Å². The van der Waals surface area contributed by atoms with E-state index in [4.69, 9.17) is 4.98 Å². The van der Waals surface area contributed by atoms with Gasteiger partial charge in [-0.05, 0) is 19.1 Å². The molecule has 2 aromatic heterocycles. The van der Waals surface area contributed by atoms with Crippen molar-refractivity contribution in [3.05, 3.63) is 50.7 Å². The number of hydrogen-bond donors (Lipinski definition) is 1. The van der Waals surface area contributed by atoms with Crippen LogP contribution in [-0.2, 0) is 11.2 Å². The van der Waals surface area contributed by atoms with Crippen LogP contribution in [0.1, 0.15) is 29.6 Å². The average molecular weight is 358 g/mol. The lowest BCUT2D eigenvalue weighted by Crippen LogP contribution is -2.17. The highest BCUT2D eigenvalue weighted by molar-refractivity contribution is 7.10. The van der Waals surface area contributed by atoms with Crippen LogP contribution in [0.5, 0.6) is 0 Å². The maximum Gasteiger partial charge on any atom is 0.226 e. The third-order valence-electron chi connectivity index (χ3n) is 3.52. The first kappa shape index (κ1) is 16.8. The molecule has 0 unspecified atom stereocenters. The SMILES string of the molecule is Cc1nc(Cc2nc(-c3ccc(NC(=O)C(C)C)cc3)cs2)cs1. The van der Waals surface area contributed by atoms with Crippen LogP contribution in [0.15, 0.2) is 35.0 Å². The zero-order valence-electron chi connectivity index (χ0n) is 13.9. The highest BCUT2D eigenvalue weighted by atomic mass is 32.1. The Morgan fingerprint density at radius 2 is 1.88 bits per heavy atom. The maximum absolute atomic E-state index is 11.7. The number of nitrogens with one attached hydrogen (secondary N) is 1. The van der Waals surface area contributed by atoms with Gasteiger partial charge in [-0.2, -0.15) is 0 Å². The molecule has 0 spiro atoms. The largest absolute Gasteiger partial charge is 0.326 e. The third-order valence-corrected chi connectivity index (χ3v) is 5.19. The molecule has 3 rings (SSSR count). The molecule has 0 saturated heterocycles. The second-order valence-corrected chi connectivity index (χ2v) is 7.89. The van der Waals surface area contributed by atoms with Gasteiger partial charge in [-0.25, -0.2) is 9.97 Å². The fourth-order valence-corrected chi connectivity index (χ4v) is 3.61. The number of nitrogens with zero attached hydrogens (tertiary/aromatic N) is 2. The molecule has 3 aromatic rings. The van der Waals surface area contributed by atoms with Gasteiger partial charge in [-0.3, -0.25) is 4.79 Å². The molecule has 0 fully saturated rings. The molecule has 0 saturated carbocycles. The van der Waals surface area contributed by atoms with Crippen LogP contribution in [0, 0.1) is 12.8 Å². The molecule has 0 bridgehead atoms. The van der Waals surface area contributed by atoms with E-state index in [1.54, 1.807) is 22.7 Å². The molecular formula is C18H19N3OS2. The Hall–Kier alpha value is -2.05. The zero-order valence-corrected chi connectivity index (χ0v) is 15.5. The number of thiazole rings is 2. The molecule has 1 amide bonds. The first-order valence-corrected chi connectivity index (χ1v) is 9.54. The van der Waals surface area contributed by atoms with Crippen molar-refractivity contribution in [1.82, 2.24) is 9.97 Å². The summed E-state index contributed by atoms with van der Waals surface area (Å²) in [6.45, 7) is 5.77. The fraction of sp³-hybridized carbons (Fsp3) is 0.278. The Morgan fingerprint density at radius 1 is 1.12 bits per heavy atom. The van der Waals surface area contributed by atoms with Crippen LogP contribution in [-0.4, -0.2) is 15.9 Å². The normalized spacial score (nSPS) is 11.0. The van der Waals surface area contributed by atoms with Gasteiger partial charge in [0.2, 0.25) is 5.91 Å². The Balaban J connectivity index is 1.69. The number of hydrogen-bond acceptors (Lipinski definition) is 5. The lowest BCUT2D eigenvalue weighted by molar-refractivity contribution is -0.118. The number of amides is 1. The van der Waals surface area contributed by atoms with Gasteiger partial charge in [-0.1, -0.05) is 26.0 Å². The summed E-state index contributed by atoms with van der Waals surface area (Å²) < 4.78 is 0. The summed E-state index contributed by atoms with van der Waals surface area (Å²) in [5.41, 5.74) is 3.90. The highest BCUT2D eigenvalue weighted by Crippen LogP contribution is 2.25. The van der Waals surface area contributed by atoms with E-state index in [2.05, 4.69) is 21.1 Å². The molecule has 6 heteroatoms. The smallest absolute Gasteiger partial charge is 0.226 e. The van der Waals surface area contributed by atoms with E-state index in [1.807, 2.05) is 45.0 Å². The van der Waals surface area contributed by atoms with Crippen molar-refractivity contribution in [3.63, 3.8) is 0 Å². The Bertz CT molecular complexity index is 834. The highest BCUT2D eigenvalue weighted by Gasteiger charge is 2.09. The lowest BCUT2D eigenvalue weighted by atomic mass is 10.1. The predicted molar refractivity (Wildman–Crippen MR) is 101 cm³/mol. The van der Waals surface area contributed by atoms with Crippen LogP contribution in [0.25, 0.3) is 11.3 Å². The van der Waals surface area contributed by atoms with Gasteiger partial charge in [0, 0.05) is 34.3 Å². The van der Waals surface area contributed by atoms with Crippen molar-refractivity contribution in [2.45, 2.75) is 27.2 Å². The number of benzene rings is 1. The molecule has 0 atom stereocenters. The van der Waals surface area contributed by atoms with E-state index in [9.17, 15) is 4.79 Å². The van der Waals surface area contributed by atoms with E-state index in [-0.39, 0.29) is 11.8 Å². The zero-order chi connectivity index (χ0) is 17.1. The Morgan fingerprint density at radius 3 is 2.50 bits per heavy atom. The molecule has 0 aliphatic heterocycles. The quantitative estimate of drug-likeness (QED) is 0.716. The van der Waals surface area contributed by atoms with Crippen molar-refractivity contribution in [1.29, 1.82) is 0 Å². The summed E-state index contributed by atoms with van der Waals surface area (Å²) in [4.78, 5) is 20.9. The minimum absolute atomic E-state index is 0.0252. The average Bonchev–Trinajstić information content (AvgIpc) is 3.17. The minimum atomic E-state index is -0.0277. The molecule has 4 nitrogen and oxygen atoms in total. The van der Waals surface area contributed by atoms with Gasteiger partial charge in [-0.15, -0.1) is 22.7 Å².